The van der Waals surface area contributed by atoms with E-state index in [0.29, 0.717) is 44.6 Å². The van der Waals surface area contributed by atoms with E-state index >= 15 is 0 Å². The summed E-state index contributed by atoms with van der Waals surface area (Å²) in [5.74, 6) is 0.582. The van der Waals surface area contributed by atoms with E-state index in [1.165, 1.54) is 20.4 Å². The number of carbonyl (C=O) groups excluding carboxylic acids is 1. The van der Waals surface area contributed by atoms with Crippen molar-refractivity contribution in [2.45, 2.75) is 19.1 Å². The van der Waals surface area contributed by atoms with Gasteiger partial charge in [-0.15, -0.1) is 0 Å². The first-order valence-electron chi connectivity index (χ1n) is 11.8. The summed E-state index contributed by atoms with van der Waals surface area (Å²) in [6, 6.07) is 10.5. The van der Waals surface area contributed by atoms with Crippen molar-refractivity contribution in [3.8, 4) is 17.2 Å². The van der Waals surface area contributed by atoms with E-state index in [2.05, 4.69) is 10.3 Å². The molecule has 11 heteroatoms. The van der Waals surface area contributed by atoms with Crippen LogP contribution in [0.5, 0.6) is 17.2 Å². The van der Waals surface area contributed by atoms with Crippen LogP contribution in [0.4, 0.5) is 18.9 Å². The second-order valence-electron chi connectivity index (χ2n) is 8.71. The molecule has 4 aromatic rings. The van der Waals surface area contributed by atoms with E-state index in [1.807, 2.05) is 0 Å². The van der Waals surface area contributed by atoms with Crippen LogP contribution in [-0.4, -0.2) is 43.3 Å². The third kappa shape index (κ3) is 6.07. The van der Waals surface area contributed by atoms with Gasteiger partial charge in [-0.1, -0.05) is 17.7 Å². The van der Waals surface area contributed by atoms with Gasteiger partial charge < -0.3 is 29.6 Å². The number of Topliss-reactive ketones (excluding diaryl/α,β-unsaturated/α-hetero) is 1. The number of hydrogen-bond acceptors (Lipinski definition) is 6. The Morgan fingerprint density at radius 2 is 1.82 bits per heavy atom. The van der Waals surface area contributed by atoms with Crippen LogP contribution in [0.15, 0.2) is 54.7 Å². The lowest BCUT2D eigenvalue weighted by atomic mass is 9.94. The van der Waals surface area contributed by atoms with Gasteiger partial charge in [0.2, 0.25) is 0 Å². The van der Waals surface area contributed by atoms with E-state index in [0.717, 1.165) is 12.1 Å². The molecule has 0 aliphatic carbocycles. The molecule has 7 nitrogen and oxygen atoms in total. The maximum Gasteiger partial charge on any atom is 0.416 e. The lowest BCUT2D eigenvalue weighted by Crippen LogP contribution is -2.22. The molecule has 4 rings (SSSR count). The third-order valence-corrected chi connectivity index (χ3v) is 6.37. The van der Waals surface area contributed by atoms with Crippen LogP contribution in [0.3, 0.4) is 0 Å². The van der Waals surface area contributed by atoms with Gasteiger partial charge in [0.25, 0.3) is 0 Å². The zero-order valence-corrected chi connectivity index (χ0v) is 22.0. The van der Waals surface area contributed by atoms with Gasteiger partial charge in [0.1, 0.15) is 29.9 Å². The molecule has 0 bridgehead atoms. The minimum atomic E-state index is -4.58. The standard InChI is InChI=1S/C28H26ClF3N2O5/c1-15-8-16(28(30,31)32)9-22-23(14-33-25(15)22)27(36)26(21-5-4-17(29)10-24(21)38-3)34-18-11-19(37-2)13-20(12-18)39-7-6-35/h4-5,8-14,26,33-35H,6-7H2,1-3H3. The average molecular weight is 563 g/mol. The fraction of sp³-hybridized carbons (Fsp3) is 0.250. The number of rotatable bonds is 10. The molecule has 1 unspecified atom stereocenters. The Labute approximate surface area is 227 Å². The molecule has 0 saturated carbocycles. The molecular weight excluding hydrogens is 537 g/mol. The van der Waals surface area contributed by atoms with Crippen molar-refractivity contribution < 1.29 is 37.3 Å². The van der Waals surface area contributed by atoms with Gasteiger partial charge in [-0.25, -0.2) is 0 Å². The Morgan fingerprint density at radius 3 is 2.49 bits per heavy atom. The monoisotopic (exact) mass is 562 g/mol. The maximum absolute atomic E-state index is 14.1. The van der Waals surface area contributed by atoms with E-state index in [1.54, 1.807) is 43.3 Å². The summed E-state index contributed by atoms with van der Waals surface area (Å²) in [5, 5.41) is 12.8. The molecule has 0 aliphatic heterocycles. The molecule has 1 atom stereocenters. The number of alkyl halides is 3. The van der Waals surface area contributed by atoms with Crippen LogP contribution < -0.4 is 19.5 Å². The molecule has 0 amide bonds. The number of aliphatic hydroxyl groups is 1. The lowest BCUT2D eigenvalue weighted by Gasteiger charge is -2.22. The van der Waals surface area contributed by atoms with Crippen molar-refractivity contribution in [3.05, 3.63) is 82.0 Å². The highest BCUT2D eigenvalue weighted by molar-refractivity contribution is 6.30. The quantitative estimate of drug-likeness (QED) is 0.189. The van der Waals surface area contributed by atoms with E-state index in [9.17, 15) is 18.0 Å². The first kappa shape index (κ1) is 28.1. The van der Waals surface area contributed by atoms with Crippen LogP contribution >= 0.6 is 11.6 Å². The number of aryl methyl sites for hydroxylation is 1. The molecule has 206 valence electrons. The minimum Gasteiger partial charge on any atom is -0.497 e. The number of methoxy groups -OCH3 is 2. The molecule has 0 aliphatic rings. The molecule has 0 spiro atoms. The number of ether oxygens (including phenoxy) is 3. The number of halogens is 4. The highest BCUT2D eigenvalue weighted by atomic mass is 35.5. The summed E-state index contributed by atoms with van der Waals surface area (Å²) in [4.78, 5) is 17.1. The first-order valence-corrected chi connectivity index (χ1v) is 12.2. The number of ketones is 1. The normalized spacial score (nSPS) is 12.3. The summed E-state index contributed by atoms with van der Waals surface area (Å²) < 4.78 is 57.2. The topological polar surface area (TPSA) is 92.8 Å². The molecule has 1 heterocycles. The Balaban J connectivity index is 1.86. The second-order valence-corrected chi connectivity index (χ2v) is 9.15. The number of hydrogen-bond donors (Lipinski definition) is 3. The number of aliphatic hydroxyl groups excluding tert-OH is 1. The van der Waals surface area contributed by atoms with Gasteiger partial charge in [-0.3, -0.25) is 4.79 Å². The first-order chi connectivity index (χ1) is 18.5. The van der Waals surface area contributed by atoms with Crippen molar-refractivity contribution in [3.63, 3.8) is 0 Å². The number of H-pyrrole nitrogens is 1. The predicted molar refractivity (Wildman–Crippen MR) is 142 cm³/mol. The Hall–Kier alpha value is -3.89. The van der Waals surface area contributed by atoms with E-state index in [4.69, 9.17) is 30.9 Å². The van der Waals surface area contributed by atoms with E-state index < -0.39 is 23.6 Å². The zero-order valence-electron chi connectivity index (χ0n) is 21.3. The molecule has 3 aromatic carbocycles. The van der Waals surface area contributed by atoms with Gasteiger partial charge in [0.15, 0.2) is 5.78 Å². The molecular formula is C28H26ClF3N2O5. The number of nitrogens with one attached hydrogen (secondary N) is 2. The van der Waals surface area contributed by atoms with Crippen LogP contribution in [0, 0.1) is 6.92 Å². The summed E-state index contributed by atoms with van der Waals surface area (Å²) in [6.45, 7) is 1.38. The minimum absolute atomic E-state index is 0.0379. The number of carbonyl (C=O) groups is 1. The number of anilines is 1. The largest absolute Gasteiger partial charge is 0.497 e. The molecule has 0 saturated heterocycles. The van der Waals surface area contributed by atoms with Crippen molar-refractivity contribution in [2.75, 3.05) is 32.8 Å². The summed E-state index contributed by atoms with van der Waals surface area (Å²) in [6.07, 6.45) is -3.18. The van der Waals surface area contributed by atoms with E-state index in [-0.39, 0.29) is 24.2 Å². The Bertz CT molecular complexity index is 1500. The molecule has 0 radical (unpaired) electrons. The van der Waals surface area contributed by atoms with Crippen molar-refractivity contribution in [1.82, 2.24) is 4.98 Å². The van der Waals surface area contributed by atoms with Gasteiger partial charge in [0, 0.05) is 57.1 Å². The average Bonchev–Trinajstić information content (AvgIpc) is 3.34. The second kappa shape index (κ2) is 11.5. The maximum atomic E-state index is 14.1. The van der Waals surface area contributed by atoms with Gasteiger partial charge in [-0.2, -0.15) is 13.2 Å². The van der Waals surface area contributed by atoms with Gasteiger partial charge >= 0.3 is 6.18 Å². The number of fused-ring (bicyclic) bond motifs is 1. The van der Waals surface area contributed by atoms with Crippen LogP contribution in [0.2, 0.25) is 5.02 Å². The van der Waals surface area contributed by atoms with Crippen LogP contribution in [0.1, 0.15) is 33.1 Å². The van der Waals surface area contributed by atoms with Crippen molar-refractivity contribution in [2.24, 2.45) is 0 Å². The SMILES string of the molecule is COc1cc(NC(C(=O)c2c[nH]c3c(C)cc(C(F)(F)F)cc23)c2ccc(Cl)cc2OC)cc(OCCO)c1. The predicted octanol–water partition coefficient (Wildman–Crippen LogP) is 6.57. The summed E-state index contributed by atoms with van der Waals surface area (Å²) in [5.41, 5.74) is 0.817. The lowest BCUT2D eigenvalue weighted by molar-refractivity contribution is -0.137. The fourth-order valence-electron chi connectivity index (χ4n) is 4.33. The molecule has 1 aromatic heterocycles. The molecule has 0 fully saturated rings. The number of aromatic amines is 1. The van der Waals surface area contributed by atoms with Gasteiger partial charge in [0.05, 0.1) is 26.4 Å². The molecule has 39 heavy (non-hydrogen) atoms. The highest BCUT2D eigenvalue weighted by Crippen LogP contribution is 2.38. The summed E-state index contributed by atoms with van der Waals surface area (Å²) in [7, 11) is 2.89. The number of benzene rings is 3. The Kier molecular flexibility index (Phi) is 8.27. The van der Waals surface area contributed by atoms with Crippen molar-refractivity contribution in [1.29, 1.82) is 0 Å². The highest BCUT2D eigenvalue weighted by Gasteiger charge is 2.33. The smallest absolute Gasteiger partial charge is 0.416 e. The fourth-order valence-corrected chi connectivity index (χ4v) is 4.49. The third-order valence-electron chi connectivity index (χ3n) is 6.13. The van der Waals surface area contributed by atoms with Crippen molar-refractivity contribution >= 4 is 34.0 Å². The number of aromatic nitrogens is 1. The Morgan fingerprint density at radius 1 is 1.08 bits per heavy atom. The van der Waals surface area contributed by atoms with Crippen LogP contribution in [-0.2, 0) is 6.18 Å². The van der Waals surface area contributed by atoms with Gasteiger partial charge in [-0.05, 0) is 36.8 Å². The summed E-state index contributed by atoms with van der Waals surface area (Å²) >= 11 is 6.15. The van der Waals surface area contributed by atoms with Crippen LogP contribution in [0.25, 0.3) is 10.9 Å². The zero-order chi connectivity index (χ0) is 28.3. The molecule has 3 N–H and O–H groups in total.